The van der Waals surface area contributed by atoms with Crippen molar-refractivity contribution < 1.29 is 9.90 Å². The highest BCUT2D eigenvalue weighted by Gasteiger charge is 2.31. The Labute approximate surface area is 78.8 Å². The summed E-state index contributed by atoms with van der Waals surface area (Å²) in [4.78, 5) is 10.5. The summed E-state index contributed by atoms with van der Waals surface area (Å²) >= 11 is 15.7. The van der Waals surface area contributed by atoms with Crippen molar-refractivity contribution in [2.45, 2.75) is 10.0 Å². The number of carbonyl (C=O) groups is 1. The maximum atomic E-state index is 10.5. The summed E-state index contributed by atoms with van der Waals surface area (Å²) in [7, 11) is 1.38. The Balaban J connectivity index is 3.87. The molecule has 0 aliphatic heterocycles. The van der Waals surface area contributed by atoms with Gasteiger partial charge >= 0.3 is 6.03 Å². The lowest BCUT2D eigenvalue weighted by Crippen LogP contribution is -2.47. The molecule has 0 spiro atoms. The van der Waals surface area contributed by atoms with Crippen molar-refractivity contribution in [1.82, 2.24) is 10.6 Å². The average molecular weight is 221 g/mol. The SMILES string of the molecule is CNC(=O)N[C@H](O)C(Cl)(Cl)Cl. The zero-order valence-electron chi connectivity index (χ0n) is 5.57. The van der Waals surface area contributed by atoms with Gasteiger partial charge in [0.2, 0.25) is 3.79 Å². The van der Waals surface area contributed by atoms with Crippen LogP contribution in [0.3, 0.4) is 0 Å². The Hall–Kier alpha value is 0.1000. The Morgan fingerprint density at radius 2 is 2.00 bits per heavy atom. The van der Waals surface area contributed by atoms with E-state index in [-0.39, 0.29) is 0 Å². The van der Waals surface area contributed by atoms with Gasteiger partial charge in [-0.2, -0.15) is 0 Å². The van der Waals surface area contributed by atoms with Crippen molar-refractivity contribution in [2.75, 3.05) is 7.05 Å². The summed E-state index contributed by atoms with van der Waals surface area (Å²) in [6, 6.07) is -0.621. The van der Waals surface area contributed by atoms with E-state index in [0.29, 0.717) is 0 Å². The first-order chi connectivity index (χ1) is 4.88. The highest BCUT2D eigenvalue weighted by atomic mass is 35.6. The van der Waals surface area contributed by atoms with Gasteiger partial charge in [0.25, 0.3) is 0 Å². The largest absolute Gasteiger partial charge is 0.369 e. The van der Waals surface area contributed by atoms with Crippen molar-refractivity contribution in [3.63, 3.8) is 0 Å². The Kier molecular flexibility index (Phi) is 4.25. The molecule has 0 bridgehead atoms. The third-order valence-corrected chi connectivity index (χ3v) is 1.43. The van der Waals surface area contributed by atoms with Crippen LogP contribution in [0.5, 0.6) is 0 Å². The minimum atomic E-state index is -1.91. The number of halogens is 3. The predicted molar refractivity (Wildman–Crippen MR) is 43.9 cm³/mol. The second-order valence-corrected chi connectivity index (χ2v) is 4.04. The van der Waals surface area contributed by atoms with Crippen molar-refractivity contribution >= 4 is 40.8 Å². The molecule has 0 unspecified atom stereocenters. The molecule has 0 aromatic heterocycles. The number of carbonyl (C=O) groups excluding carboxylic acids is 1. The quantitative estimate of drug-likeness (QED) is 0.449. The molecule has 0 saturated heterocycles. The molecular formula is C4H7Cl3N2O2. The lowest BCUT2D eigenvalue weighted by atomic mass is 10.6. The van der Waals surface area contributed by atoms with Gasteiger partial charge in [0.05, 0.1) is 0 Å². The van der Waals surface area contributed by atoms with E-state index >= 15 is 0 Å². The number of hydrogen-bond acceptors (Lipinski definition) is 2. The molecule has 0 radical (unpaired) electrons. The van der Waals surface area contributed by atoms with E-state index in [1.807, 2.05) is 5.32 Å². The molecule has 2 amide bonds. The summed E-state index contributed by atoms with van der Waals surface area (Å²) in [5, 5.41) is 13.1. The number of aliphatic hydroxyl groups excluding tert-OH is 1. The second kappa shape index (κ2) is 4.21. The van der Waals surface area contributed by atoms with Gasteiger partial charge in [-0.25, -0.2) is 4.79 Å². The molecule has 66 valence electrons. The van der Waals surface area contributed by atoms with Gasteiger partial charge in [-0.3, -0.25) is 0 Å². The number of hydrogen-bond donors (Lipinski definition) is 3. The zero-order chi connectivity index (χ0) is 9.07. The van der Waals surface area contributed by atoms with Gasteiger partial charge in [0.15, 0.2) is 6.23 Å². The zero-order valence-corrected chi connectivity index (χ0v) is 7.83. The molecule has 0 fully saturated rings. The molecule has 0 saturated carbocycles. The molecule has 0 aliphatic carbocycles. The summed E-state index contributed by atoms with van der Waals surface area (Å²) in [5.74, 6) is 0. The summed E-state index contributed by atoms with van der Waals surface area (Å²) < 4.78 is -1.91. The molecular weight excluding hydrogens is 214 g/mol. The molecule has 1 atom stereocenters. The van der Waals surface area contributed by atoms with E-state index in [1.165, 1.54) is 7.05 Å². The maximum Gasteiger partial charge on any atom is 0.316 e. The topological polar surface area (TPSA) is 61.4 Å². The van der Waals surface area contributed by atoms with Crippen LogP contribution in [0, 0.1) is 0 Å². The summed E-state index contributed by atoms with van der Waals surface area (Å²) in [6.45, 7) is 0. The number of rotatable bonds is 1. The molecule has 7 heteroatoms. The van der Waals surface area contributed by atoms with E-state index in [9.17, 15) is 4.79 Å². The van der Waals surface area contributed by atoms with Gasteiger partial charge in [0, 0.05) is 7.05 Å². The molecule has 0 aromatic rings. The lowest BCUT2D eigenvalue weighted by Gasteiger charge is -2.19. The first-order valence-corrected chi connectivity index (χ1v) is 3.74. The van der Waals surface area contributed by atoms with Crippen LogP contribution in [0.25, 0.3) is 0 Å². The van der Waals surface area contributed by atoms with Crippen LogP contribution in [0.1, 0.15) is 0 Å². The van der Waals surface area contributed by atoms with E-state index in [2.05, 4.69) is 5.32 Å². The van der Waals surface area contributed by atoms with Crippen LogP contribution >= 0.6 is 34.8 Å². The molecule has 0 aromatic carbocycles. The summed E-state index contributed by atoms with van der Waals surface area (Å²) in [5.41, 5.74) is 0. The Morgan fingerprint density at radius 1 is 1.55 bits per heavy atom. The highest BCUT2D eigenvalue weighted by molar-refractivity contribution is 6.68. The average Bonchev–Trinajstić information content (AvgIpc) is 1.85. The first-order valence-electron chi connectivity index (χ1n) is 2.61. The minimum absolute atomic E-state index is 0.621. The Morgan fingerprint density at radius 3 is 2.27 bits per heavy atom. The van der Waals surface area contributed by atoms with Gasteiger partial charge < -0.3 is 15.7 Å². The van der Waals surface area contributed by atoms with E-state index in [4.69, 9.17) is 39.9 Å². The lowest BCUT2D eigenvalue weighted by molar-refractivity contribution is 0.145. The fraction of sp³-hybridized carbons (Fsp3) is 0.750. The van der Waals surface area contributed by atoms with E-state index in [0.717, 1.165) is 0 Å². The molecule has 0 rings (SSSR count). The van der Waals surface area contributed by atoms with Crippen molar-refractivity contribution in [3.8, 4) is 0 Å². The maximum absolute atomic E-state index is 10.5. The summed E-state index contributed by atoms with van der Waals surface area (Å²) in [6.07, 6.45) is -1.52. The van der Waals surface area contributed by atoms with Crippen LogP contribution in [-0.2, 0) is 0 Å². The van der Waals surface area contributed by atoms with Gasteiger partial charge in [0.1, 0.15) is 0 Å². The molecule has 0 aliphatic rings. The smallest absolute Gasteiger partial charge is 0.316 e. The minimum Gasteiger partial charge on any atom is -0.369 e. The second-order valence-electron chi connectivity index (χ2n) is 1.67. The van der Waals surface area contributed by atoms with Gasteiger partial charge in [-0.15, -0.1) is 0 Å². The van der Waals surface area contributed by atoms with Gasteiger partial charge in [-0.1, -0.05) is 34.8 Å². The monoisotopic (exact) mass is 220 g/mol. The Bertz CT molecular complexity index is 147. The molecule has 11 heavy (non-hydrogen) atoms. The van der Waals surface area contributed by atoms with Gasteiger partial charge in [-0.05, 0) is 0 Å². The number of alkyl halides is 3. The fourth-order valence-electron chi connectivity index (χ4n) is 0.278. The molecule has 0 heterocycles. The number of urea groups is 1. The number of amides is 2. The predicted octanol–water partition coefficient (Wildman–Crippen LogP) is 0.604. The van der Waals surface area contributed by atoms with Crippen LogP contribution in [-0.4, -0.2) is 28.2 Å². The molecule has 4 nitrogen and oxygen atoms in total. The van der Waals surface area contributed by atoms with Crippen molar-refractivity contribution in [2.24, 2.45) is 0 Å². The third kappa shape index (κ3) is 4.53. The van der Waals surface area contributed by atoms with Crippen LogP contribution < -0.4 is 10.6 Å². The standard InChI is InChI=1S/C4H7Cl3N2O2/c1-8-3(11)9-2(10)4(5,6)7/h2,10H,1H3,(H2,8,9,11)/t2-/m1/s1. The van der Waals surface area contributed by atoms with Crippen LogP contribution in [0.15, 0.2) is 0 Å². The number of nitrogens with one attached hydrogen (secondary N) is 2. The molecule has 3 N–H and O–H groups in total. The van der Waals surface area contributed by atoms with E-state index in [1.54, 1.807) is 0 Å². The van der Waals surface area contributed by atoms with Crippen LogP contribution in [0.4, 0.5) is 4.79 Å². The van der Waals surface area contributed by atoms with Crippen molar-refractivity contribution in [3.05, 3.63) is 0 Å². The normalized spacial score (nSPS) is 13.9. The fourth-order valence-corrected chi connectivity index (χ4v) is 0.442. The third-order valence-electron chi connectivity index (χ3n) is 0.805. The van der Waals surface area contributed by atoms with Crippen LogP contribution in [0.2, 0.25) is 0 Å². The highest BCUT2D eigenvalue weighted by Crippen LogP contribution is 2.28. The number of aliphatic hydroxyl groups is 1. The van der Waals surface area contributed by atoms with E-state index < -0.39 is 16.1 Å². The van der Waals surface area contributed by atoms with Crippen molar-refractivity contribution in [1.29, 1.82) is 0 Å². The first kappa shape index (κ1) is 11.1.